The number of halogens is 2. The zero-order valence-electron chi connectivity index (χ0n) is 19.5. The van der Waals surface area contributed by atoms with Crippen LogP contribution in [0.2, 0.25) is 0 Å². The number of carbonyl (C=O) groups is 2. The van der Waals surface area contributed by atoms with Crippen molar-refractivity contribution in [3.8, 4) is 5.75 Å². The number of nitrogens with two attached hydrogens (primary N) is 1. The molecule has 7 nitrogen and oxygen atoms in total. The SMILES string of the molecule is CCC1(CC)CC(=O)N(C[C@H]2[C@H](C(=O)N[C@H]3CC(C)(C)Oc4ccccc43)C2(F)F)C(N)=N1. The Balaban J connectivity index is 1.48. The lowest BCUT2D eigenvalue weighted by Crippen LogP contribution is -2.52. The van der Waals surface area contributed by atoms with Crippen LogP contribution in [0.15, 0.2) is 29.3 Å². The Hall–Kier alpha value is -2.71. The molecule has 3 aliphatic rings. The van der Waals surface area contributed by atoms with Gasteiger partial charge in [0.1, 0.15) is 17.3 Å². The lowest BCUT2D eigenvalue weighted by Gasteiger charge is -2.38. The molecule has 0 spiro atoms. The predicted octanol–water partition coefficient (Wildman–Crippen LogP) is 3.39. The Morgan fingerprint density at radius 3 is 2.58 bits per heavy atom. The number of nitrogens with zero attached hydrogens (tertiary/aromatic N) is 2. The van der Waals surface area contributed by atoms with Crippen LogP contribution in [0.4, 0.5) is 8.78 Å². The summed E-state index contributed by atoms with van der Waals surface area (Å²) >= 11 is 0. The summed E-state index contributed by atoms with van der Waals surface area (Å²) in [7, 11) is 0. The van der Waals surface area contributed by atoms with Crippen molar-refractivity contribution in [3.63, 3.8) is 0 Å². The minimum absolute atomic E-state index is 0.0445. The lowest BCUT2D eigenvalue weighted by molar-refractivity contribution is -0.130. The highest BCUT2D eigenvalue weighted by atomic mass is 19.3. The van der Waals surface area contributed by atoms with Crippen molar-refractivity contribution < 1.29 is 23.1 Å². The van der Waals surface area contributed by atoms with E-state index in [2.05, 4.69) is 10.3 Å². The van der Waals surface area contributed by atoms with E-state index in [-0.39, 0.29) is 24.8 Å². The Morgan fingerprint density at radius 1 is 1.27 bits per heavy atom. The number of alkyl halides is 2. The number of fused-ring (bicyclic) bond motifs is 1. The second kappa shape index (κ2) is 7.95. The van der Waals surface area contributed by atoms with Gasteiger partial charge in [-0.05, 0) is 32.8 Å². The first-order valence-corrected chi connectivity index (χ1v) is 11.5. The molecule has 3 N–H and O–H groups in total. The number of nitrogens with one attached hydrogen (secondary N) is 1. The average molecular weight is 463 g/mol. The molecule has 0 radical (unpaired) electrons. The fourth-order valence-electron chi connectivity index (χ4n) is 5.07. The molecule has 33 heavy (non-hydrogen) atoms. The molecule has 1 aliphatic carbocycles. The van der Waals surface area contributed by atoms with Crippen LogP contribution < -0.4 is 15.8 Å². The Morgan fingerprint density at radius 2 is 1.94 bits per heavy atom. The summed E-state index contributed by atoms with van der Waals surface area (Å²) in [6.45, 7) is 7.32. The van der Waals surface area contributed by atoms with E-state index in [0.29, 0.717) is 25.0 Å². The number of benzene rings is 1. The average Bonchev–Trinajstić information content (AvgIpc) is 3.29. The first-order chi connectivity index (χ1) is 15.4. The minimum atomic E-state index is -3.21. The van der Waals surface area contributed by atoms with E-state index in [1.54, 1.807) is 6.07 Å². The van der Waals surface area contributed by atoms with Crippen LogP contribution >= 0.6 is 0 Å². The molecule has 3 atom stereocenters. The van der Waals surface area contributed by atoms with Gasteiger partial charge in [-0.2, -0.15) is 0 Å². The number of hydrogen-bond donors (Lipinski definition) is 2. The van der Waals surface area contributed by atoms with Crippen molar-refractivity contribution >= 4 is 17.8 Å². The molecule has 0 saturated heterocycles. The smallest absolute Gasteiger partial charge is 0.265 e. The predicted molar refractivity (Wildman–Crippen MR) is 120 cm³/mol. The third-order valence-corrected chi connectivity index (χ3v) is 7.28. The third kappa shape index (κ3) is 4.17. The second-order valence-electron chi connectivity index (χ2n) is 10.0. The van der Waals surface area contributed by atoms with Crippen LogP contribution in [0.25, 0.3) is 0 Å². The van der Waals surface area contributed by atoms with E-state index in [1.807, 2.05) is 45.9 Å². The van der Waals surface area contributed by atoms with Gasteiger partial charge in [-0.3, -0.25) is 14.5 Å². The molecular weight excluding hydrogens is 430 g/mol. The maximum atomic E-state index is 14.7. The molecule has 1 aromatic rings. The summed E-state index contributed by atoms with van der Waals surface area (Å²) in [4.78, 5) is 31.2. The number of guanidine groups is 1. The van der Waals surface area contributed by atoms with Crippen molar-refractivity contribution in [2.45, 2.75) is 76.5 Å². The highest BCUT2D eigenvalue weighted by Gasteiger charge is 2.72. The van der Waals surface area contributed by atoms with Gasteiger partial charge < -0.3 is 15.8 Å². The van der Waals surface area contributed by atoms with E-state index in [9.17, 15) is 18.4 Å². The highest BCUT2D eigenvalue weighted by Crippen LogP contribution is 2.56. The summed E-state index contributed by atoms with van der Waals surface area (Å²) in [5.74, 6) is -6.48. The van der Waals surface area contributed by atoms with Crippen molar-refractivity contribution in [1.82, 2.24) is 10.2 Å². The molecule has 9 heteroatoms. The molecular formula is C24H32F2N4O3. The Labute approximate surface area is 192 Å². The molecule has 180 valence electrons. The summed E-state index contributed by atoms with van der Waals surface area (Å²) in [6.07, 6.45) is 1.86. The number of carbonyl (C=O) groups excluding carboxylic acids is 2. The van der Waals surface area contributed by atoms with E-state index in [4.69, 9.17) is 10.5 Å². The molecule has 4 rings (SSSR count). The monoisotopic (exact) mass is 462 g/mol. The molecule has 0 bridgehead atoms. The molecule has 1 fully saturated rings. The van der Waals surface area contributed by atoms with Gasteiger partial charge in [0, 0.05) is 18.5 Å². The van der Waals surface area contributed by atoms with E-state index >= 15 is 0 Å². The topological polar surface area (TPSA) is 97.0 Å². The fraction of sp³-hybridized carbons (Fsp3) is 0.625. The van der Waals surface area contributed by atoms with Gasteiger partial charge in [0.05, 0.1) is 23.9 Å². The summed E-state index contributed by atoms with van der Waals surface area (Å²) in [5.41, 5.74) is 5.65. The van der Waals surface area contributed by atoms with Gasteiger partial charge in [-0.15, -0.1) is 0 Å². The van der Waals surface area contributed by atoms with Gasteiger partial charge in [-0.1, -0.05) is 32.0 Å². The number of aliphatic imine (C=N–C) groups is 1. The van der Waals surface area contributed by atoms with Crippen LogP contribution in [-0.2, 0) is 9.59 Å². The lowest BCUT2D eigenvalue weighted by atomic mass is 9.88. The van der Waals surface area contributed by atoms with Crippen LogP contribution in [0.1, 0.15) is 65.0 Å². The van der Waals surface area contributed by atoms with Crippen molar-refractivity contribution in [1.29, 1.82) is 0 Å². The minimum Gasteiger partial charge on any atom is -0.487 e. The molecule has 2 amide bonds. The first-order valence-electron chi connectivity index (χ1n) is 11.5. The van der Waals surface area contributed by atoms with Crippen molar-refractivity contribution in [3.05, 3.63) is 29.8 Å². The maximum absolute atomic E-state index is 14.7. The molecule has 1 aromatic carbocycles. The van der Waals surface area contributed by atoms with Crippen LogP contribution in [-0.4, -0.2) is 46.3 Å². The molecule has 2 heterocycles. The van der Waals surface area contributed by atoms with E-state index in [0.717, 1.165) is 10.5 Å². The molecule has 0 aromatic heterocycles. The zero-order chi connectivity index (χ0) is 24.2. The van der Waals surface area contributed by atoms with Crippen molar-refractivity contribution in [2.75, 3.05) is 6.54 Å². The number of ether oxygens (including phenoxy) is 1. The van der Waals surface area contributed by atoms with Gasteiger partial charge in [0.2, 0.25) is 11.8 Å². The number of hydrogen-bond acceptors (Lipinski definition) is 5. The number of amides is 2. The zero-order valence-corrected chi connectivity index (χ0v) is 19.5. The Kier molecular flexibility index (Phi) is 5.65. The van der Waals surface area contributed by atoms with Crippen molar-refractivity contribution in [2.24, 2.45) is 22.6 Å². The maximum Gasteiger partial charge on any atom is 0.265 e. The summed E-state index contributed by atoms with van der Waals surface area (Å²) in [6, 6.07) is 6.85. The third-order valence-electron chi connectivity index (χ3n) is 7.28. The summed E-state index contributed by atoms with van der Waals surface area (Å²) in [5, 5.41) is 2.81. The van der Waals surface area contributed by atoms with Gasteiger partial charge in [0.15, 0.2) is 5.96 Å². The fourth-order valence-corrected chi connectivity index (χ4v) is 5.07. The Bertz CT molecular complexity index is 990. The van der Waals surface area contributed by atoms with Crippen LogP contribution in [0, 0.1) is 11.8 Å². The standard InChI is InChI=1S/C24H32F2N4O3/c1-5-23(6-2)12-18(31)30(21(27)29-23)13-15-19(24(15,25)26)20(32)28-16-11-22(3,4)33-17-10-8-7-9-14(16)17/h7-10,15-16,19H,5-6,11-13H2,1-4H3,(H2,27,29)(H,28,32)/t15-,16-,19+/m0/s1. The second-order valence-corrected chi connectivity index (χ2v) is 10.0. The normalized spacial score (nSPS) is 28.9. The van der Waals surface area contributed by atoms with Crippen LogP contribution in [0.5, 0.6) is 5.75 Å². The molecule has 1 saturated carbocycles. The highest BCUT2D eigenvalue weighted by molar-refractivity contribution is 5.99. The number of rotatable bonds is 6. The van der Waals surface area contributed by atoms with E-state index in [1.165, 1.54) is 0 Å². The van der Waals surface area contributed by atoms with Crippen LogP contribution in [0.3, 0.4) is 0 Å². The van der Waals surface area contributed by atoms with Gasteiger partial charge in [0.25, 0.3) is 5.92 Å². The quantitative estimate of drug-likeness (QED) is 0.677. The number of para-hydroxylation sites is 1. The summed E-state index contributed by atoms with van der Waals surface area (Å²) < 4.78 is 35.4. The van der Waals surface area contributed by atoms with E-state index < -0.39 is 40.8 Å². The first kappa shape index (κ1) is 23.4. The van der Waals surface area contributed by atoms with Gasteiger partial charge in [-0.25, -0.2) is 13.8 Å². The molecule has 2 aliphatic heterocycles. The largest absolute Gasteiger partial charge is 0.487 e. The molecule has 0 unspecified atom stereocenters. The van der Waals surface area contributed by atoms with Gasteiger partial charge >= 0.3 is 0 Å².